The van der Waals surface area contributed by atoms with Crippen molar-refractivity contribution in [1.82, 2.24) is 25.1 Å². The minimum absolute atomic E-state index is 0.174. The lowest BCUT2D eigenvalue weighted by Gasteiger charge is -2.33. The van der Waals surface area contributed by atoms with Crippen molar-refractivity contribution in [3.8, 4) is 11.4 Å². The number of aromatic nitrogens is 4. The Kier molecular flexibility index (Phi) is 5.41. The number of nitrogens with zero attached hydrogens (tertiary/aromatic N) is 4. The van der Waals surface area contributed by atoms with Crippen molar-refractivity contribution in [3.05, 3.63) is 54.0 Å². The highest BCUT2D eigenvalue weighted by Gasteiger charge is 2.30. The number of rotatable bonds is 5. The molecule has 7 heteroatoms. The van der Waals surface area contributed by atoms with Gasteiger partial charge in [0.15, 0.2) is 0 Å². The molecule has 1 atom stereocenters. The minimum Gasteiger partial charge on any atom is -0.423 e. The van der Waals surface area contributed by atoms with E-state index in [0.29, 0.717) is 5.92 Å². The molecule has 1 aromatic carbocycles. The van der Waals surface area contributed by atoms with Gasteiger partial charge in [-0.25, -0.2) is 4.98 Å². The highest BCUT2D eigenvalue weighted by Crippen LogP contribution is 2.33. The molecule has 29 heavy (non-hydrogen) atoms. The molecule has 5 rings (SSSR count). The maximum atomic E-state index is 6.16. The van der Waals surface area contributed by atoms with Gasteiger partial charge in [-0.05, 0) is 32.2 Å². The second kappa shape index (κ2) is 8.47. The molecule has 0 bridgehead atoms. The lowest BCUT2D eigenvalue weighted by atomic mass is 10.0. The molecule has 0 amide bonds. The topological polar surface area (TPSA) is 80.1 Å². The van der Waals surface area contributed by atoms with Crippen LogP contribution in [0.15, 0.2) is 40.9 Å². The Balaban J connectivity index is 1.30. The summed E-state index contributed by atoms with van der Waals surface area (Å²) in [4.78, 5) is 10.5. The molecule has 4 heterocycles. The van der Waals surface area contributed by atoms with Gasteiger partial charge in [0.1, 0.15) is 5.82 Å². The number of ether oxygens (including phenoxy) is 1. The first-order valence-electron chi connectivity index (χ1n) is 10.6. The van der Waals surface area contributed by atoms with Gasteiger partial charge >= 0.3 is 0 Å². The van der Waals surface area contributed by atoms with E-state index in [1.54, 1.807) is 0 Å². The van der Waals surface area contributed by atoms with E-state index >= 15 is 0 Å². The van der Waals surface area contributed by atoms with Crippen molar-refractivity contribution in [2.24, 2.45) is 0 Å². The molecular formula is C22H27N5O2. The van der Waals surface area contributed by atoms with Gasteiger partial charge in [0.2, 0.25) is 11.8 Å². The zero-order chi connectivity index (χ0) is 19.5. The summed E-state index contributed by atoms with van der Waals surface area (Å²) in [5, 5.41) is 8.82. The van der Waals surface area contributed by atoms with Crippen LogP contribution in [0.1, 0.15) is 61.5 Å². The number of imidazole rings is 1. The number of aromatic amines is 1. The molecule has 152 valence electrons. The highest BCUT2D eigenvalue weighted by atomic mass is 16.5. The monoisotopic (exact) mass is 393 g/mol. The van der Waals surface area contributed by atoms with Gasteiger partial charge in [-0.1, -0.05) is 36.8 Å². The van der Waals surface area contributed by atoms with E-state index in [-0.39, 0.29) is 6.04 Å². The number of H-pyrrole nitrogens is 1. The lowest BCUT2D eigenvalue weighted by Crippen LogP contribution is -2.33. The number of piperidine rings is 1. The van der Waals surface area contributed by atoms with Crippen molar-refractivity contribution < 1.29 is 9.15 Å². The third-order valence-corrected chi connectivity index (χ3v) is 5.97. The van der Waals surface area contributed by atoms with Crippen molar-refractivity contribution in [2.45, 2.75) is 50.6 Å². The first-order chi connectivity index (χ1) is 14.4. The van der Waals surface area contributed by atoms with E-state index in [0.717, 1.165) is 74.4 Å². The maximum absolute atomic E-state index is 6.16. The molecule has 7 nitrogen and oxygen atoms in total. The summed E-state index contributed by atoms with van der Waals surface area (Å²) in [6.45, 7) is 3.39. The Morgan fingerprint density at radius 1 is 1.00 bits per heavy atom. The Labute approximate surface area is 170 Å². The zero-order valence-electron chi connectivity index (χ0n) is 16.6. The molecule has 3 aromatic rings. The molecule has 0 saturated carbocycles. The lowest BCUT2D eigenvalue weighted by molar-refractivity contribution is 0.0767. The fourth-order valence-corrected chi connectivity index (χ4v) is 4.35. The third kappa shape index (κ3) is 4.11. The van der Waals surface area contributed by atoms with E-state index in [1.165, 1.54) is 12.8 Å². The van der Waals surface area contributed by atoms with Crippen LogP contribution in [-0.2, 0) is 11.3 Å². The quantitative estimate of drug-likeness (QED) is 0.703. The summed E-state index contributed by atoms with van der Waals surface area (Å²) in [5.74, 6) is 2.78. The Morgan fingerprint density at radius 2 is 1.83 bits per heavy atom. The van der Waals surface area contributed by atoms with Crippen LogP contribution in [0.4, 0.5) is 0 Å². The van der Waals surface area contributed by atoms with Gasteiger partial charge in [-0.15, -0.1) is 10.2 Å². The first kappa shape index (κ1) is 18.5. The molecule has 2 aromatic heterocycles. The second-order valence-corrected chi connectivity index (χ2v) is 7.97. The van der Waals surface area contributed by atoms with Gasteiger partial charge in [-0.2, -0.15) is 0 Å². The summed E-state index contributed by atoms with van der Waals surface area (Å²) in [6.07, 6.45) is 7.30. The van der Waals surface area contributed by atoms with Gasteiger partial charge in [-0.3, -0.25) is 4.90 Å². The van der Waals surface area contributed by atoms with Crippen LogP contribution < -0.4 is 0 Å². The SMILES string of the molecule is c1ccc(-c2ncc(CN3CCCC[C@H]3c3nnc(C4CCOCC4)o3)[nH]2)cc1. The second-order valence-electron chi connectivity index (χ2n) is 7.97. The number of hydrogen-bond acceptors (Lipinski definition) is 6. The van der Waals surface area contributed by atoms with E-state index in [2.05, 4.69) is 37.2 Å². The summed E-state index contributed by atoms with van der Waals surface area (Å²) >= 11 is 0. The highest BCUT2D eigenvalue weighted by molar-refractivity contribution is 5.54. The van der Waals surface area contributed by atoms with Crippen LogP contribution in [0.2, 0.25) is 0 Å². The molecule has 1 N–H and O–H groups in total. The minimum atomic E-state index is 0.174. The van der Waals surface area contributed by atoms with E-state index in [1.807, 2.05) is 24.4 Å². The number of nitrogens with one attached hydrogen (secondary N) is 1. The molecule has 0 radical (unpaired) electrons. The zero-order valence-corrected chi connectivity index (χ0v) is 16.6. The van der Waals surface area contributed by atoms with Crippen molar-refractivity contribution in [1.29, 1.82) is 0 Å². The Hall–Kier alpha value is -2.51. The van der Waals surface area contributed by atoms with E-state index < -0.39 is 0 Å². The summed E-state index contributed by atoms with van der Waals surface area (Å²) in [6, 6.07) is 10.4. The first-order valence-corrected chi connectivity index (χ1v) is 10.6. The fraction of sp³-hybridized carbons (Fsp3) is 0.500. The number of likely N-dealkylation sites (tertiary alicyclic amines) is 1. The number of hydrogen-bond donors (Lipinski definition) is 1. The molecule has 2 aliphatic heterocycles. The van der Waals surface area contributed by atoms with Crippen molar-refractivity contribution in [2.75, 3.05) is 19.8 Å². The van der Waals surface area contributed by atoms with E-state index in [4.69, 9.17) is 9.15 Å². The molecule has 0 aliphatic carbocycles. The van der Waals surface area contributed by atoms with Crippen LogP contribution in [0, 0.1) is 0 Å². The number of benzene rings is 1. The van der Waals surface area contributed by atoms with Crippen LogP contribution in [-0.4, -0.2) is 44.8 Å². The third-order valence-electron chi connectivity index (χ3n) is 5.97. The van der Waals surface area contributed by atoms with Crippen molar-refractivity contribution >= 4 is 0 Å². The van der Waals surface area contributed by atoms with Crippen LogP contribution in [0.25, 0.3) is 11.4 Å². The predicted molar refractivity (Wildman–Crippen MR) is 108 cm³/mol. The fourth-order valence-electron chi connectivity index (χ4n) is 4.35. The average Bonchev–Trinajstić information content (AvgIpc) is 3.46. The standard InChI is InChI=1S/C22H27N5O2/c1-2-6-16(7-3-1)20-23-14-18(24-20)15-27-11-5-4-8-19(27)22-26-25-21(29-22)17-9-12-28-13-10-17/h1-3,6-7,14,17,19H,4-5,8-13,15H2,(H,23,24)/t19-/m0/s1. The smallest absolute Gasteiger partial charge is 0.233 e. The molecular weight excluding hydrogens is 366 g/mol. The van der Waals surface area contributed by atoms with Gasteiger partial charge in [0.25, 0.3) is 0 Å². The van der Waals surface area contributed by atoms with Gasteiger partial charge in [0, 0.05) is 43.1 Å². The van der Waals surface area contributed by atoms with Crippen LogP contribution >= 0.6 is 0 Å². The molecule has 2 fully saturated rings. The maximum Gasteiger partial charge on any atom is 0.233 e. The average molecular weight is 393 g/mol. The van der Waals surface area contributed by atoms with Gasteiger partial charge in [0.05, 0.1) is 6.04 Å². The van der Waals surface area contributed by atoms with Crippen LogP contribution in [0.3, 0.4) is 0 Å². The largest absolute Gasteiger partial charge is 0.423 e. The van der Waals surface area contributed by atoms with E-state index in [9.17, 15) is 0 Å². The predicted octanol–water partition coefficient (Wildman–Crippen LogP) is 4.08. The van der Waals surface area contributed by atoms with Crippen molar-refractivity contribution in [3.63, 3.8) is 0 Å². The molecule has 0 unspecified atom stereocenters. The Bertz CT molecular complexity index is 916. The van der Waals surface area contributed by atoms with Crippen LogP contribution in [0.5, 0.6) is 0 Å². The summed E-state index contributed by atoms with van der Waals surface area (Å²) in [7, 11) is 0. The Morgan fingerprint density at radius 3 is 2.69 bits per heavy atom. The molecule has 0 spiro atoms. The normalized spacial score (nSPS) is 21.4. The molecule has 2 saturated heterocycles. The summed E-state index contributed by atoms with van der Waals surface area (Å²) < 4.78 is 11.6. The summed E-state index contributed by atoms with van der Waals surface area (Å²) in [5.41, 5.74) is 2.21. The van der Waals surface area contributed by atoms with Gasteiger partial charge < -0.3 is 14.1 Å². The molecule has 2 aliphatic rings.